The van der Waals surface area contributed by atoms with Crippen LogP contribution in [0.3, 0.4) is 0 Å². The predicted octanol–water partition coefficient (Wildman–Crippen LogP) is 3.97. The van der Waals surface area contributed by atoms with Gasteiger partial charge in [-0.15, -0.1) is 11.3 Å². The zero-order chi connectivity index (χ0) is 22.4. The van der Waals surface area contributed by atoms with Gasteiger partial charge in [0.25, 0.3) is 11.8 Å². The third kappa shape index (κ3) is 6.08. The number of likely N-dealkylation sites (tertiary alicyclic amines) is 1. The SMILES string of the molecule is CC[C@@H](C)NC(=O)[C@H](NC(=O)c1cccs1)C1CCN(C(=O)c2ccc(Cl)cc2)CC1. The molecule has 0 saturated carbocycles. The number of piperidine rings is 1. The van der Waals surface area contributed by atoms with Crippen LogP contribution in [-0.2, 0) is 4.79 Å². The van der Waals surface area contributed by atoms with E-state index in [0.717, 1.165) is 6.42 Å². The van der Waals surface area contributed by atoms with Crippen LogP contribution in [-0.4, -0.2) is 47.8 Å². The molecule has 3 amide bonds. The van der Waals surface area contributed by atoms with E-state index in [0.29, 0.717) is 41.4 Å². The van der Waals surface area contributed by atoms with Crippen molar-refractivity contribution in [2.75, 3.05) is 13.1 Å². The number of hydrogen-bond acceptors (Lipinski definition) is 4. The van der Waals surface area contributed by atoms with Crippen LogP contribution in [0.5, 0.6) is 0 Å². The molecular formula is C23H28ClN3O3S. The number of nitrogens with one attached hydrogen (secondary N) is 2. The molecule has 2 heterocycles. The summed E-state index contributed by atoms with van der Waals surface area (Å²) in [6, 6.07) is 9.82. The zero-order valence-electron chi connectivity index (χ0n) is 17.8. The summed E-state index contributed by atoms with van der Waals surface area (Å²) in [5, 5.41) is 8.37. The minimum absolute atomic E-state index is 0.0280. The fourth-order valence-electron chi connectivity index (χ4n) is 3.66. The van der Waals surface area contributed by atoms with Crippen molar-refractivity contribution in [3.05, 3.63) is 57.2 Å². The van der Waals surface area contributed by atoms with Gasteiger partial charge in [0.1, 0.15) is 6.04 Å². The summed E-state index contributed by atoms with van der Waals surface area (Å²) >= 11 is 7.26. The van der Waals surface area contributed by atoms with Gasteiger partial charge in [0.2, 0.25) is 5.91 Å². The molecule has 1 aliphatic rings. The van der Waals surface area contributed by atoms with Crippen LogP contribution >= 0.6 is 22.9 Å². The number of thiophene rings is 1. The third-order valence-electron chi connectivity index (χ3n) is 5.70. The molecule has 0 bridgehead atoms. The highest BCUT2D eigenvalue weighted by Gasteiger charge is 2.34. The van der Waals surface area contributed by atoms with E-state index in [2.05, 4.69) is 10.6 Å². The van der Waals surface area contributed by atoms with Gasteiger partial charge >= 0.3 is 0 Å². The molecule has 0 spiro atoms. The maximum Gasteiger partial charge on any atom is 0.262 e. The second kappa shape index (κ2) is 10.8. The molecule has 1 aliphatic heterocycles. The number of hydrogen-bond donors (Lipinski definition) is 2. The van der Waals surface area contributed by atoms with Crippen molar-refractivity contribution in [1.82, 2.24) is 15.5 Å². The molecule has 1 aromatic heterocycles. The second-order valence-electron chi connectivity index (χ2n) is 7.88. The first kappa shape index (κ1) is 23.3. The monoisotopic (exact) mass is 461 g/mol. The molecule has 1 aromatic carbocycles. The molecule has 2 atom stereocenters. The van der Waals surface area contributed by atoms with Gasteiger partial charge in [-0.05, 0) is 67.8 Å². The zero-order valence-corrected chi connectivity index (χ0v) is 19.3. The Hall–Kier alpha value is -2.38. The molecule has 6 nitrogen and oxygen atoms in total. The lowest BCUT2D eigenvalue weighted by Gasteiger charge is -2.36. The number of nitrogens with zero attached hydrogens (tertiary/aromatic N) is 1. The number of carbonyl (C=O) groups is 3. The fourth-order valence-corrected chi connectivity index (χ4v) is 4.42. The van der Waals surface area contributed by atoms with E-state index in [1.54, 1.807) is 35.2 Å². The summed E-state index contributed by atoms with van der Waals surface area (Å²) in [5.41, 5.74) is 0.597. The normalized spacial score (nSPS) is 16.4. The van der Waals surface area contributed by atoms with E-state index in [-0.39, 0.29) is 29.7 Å². The van der Waals surface area contributed by atoms with Crippen molar-refractivity contribution in [2.45, 2.75) is 45.2 Å². The highest BCUT2D eigenvalue weighted by Crippen LogP contribution is 2.24. The lowest BCUT2D eigenvalue weighted by atomic mass is 9.88. The summed E-state index contributed by atoms with van der Waals surface area (Å²) < 4.78 is 0. The van der Waals surface area contributed by atoms with Crippen molar-refractivity contribution in [1.29, 1.82) is 0 Å². The Balaban J connectivity index is 1.66. The Morgan fingerprint density at radius 2 is 1.81 bits per heavy atom. The highest BCUT2D eigenvalue weighted by molar-refractivity contribution is 7.12. The van der Waals surface area contributed by atoms with Crippen molar-refractivity contribution in [3.63, 3.8) is 0 Å². The summed E-state index contributed by atoms with van der Waals surface area (Å²) in [7, 11) is 0. The first-order valence-corrected chi connectivity index (χ1v) is 11.8. The average molecular weight is 462 g/mol. The topological polar surface area (TPSA) is 78.5 Å². The predicted molar refractivity (Wildman–Crippen MR) is 124 cm³/mol. The summed E-state index contributed by atoms with van der Waals surface area (Å²) in [5.74, 6) is -0.485. The van der Waals surface area contributed by atoms with Crippen LogP contribution < -0.4 is 10.6 Å². The van der Waals surface area contributed by atoms with Gasteiger partial charge in [-0.25, -0.2) is 0 Å². The largest absolute Gasteiger partial charge is 0.352 e. The minimum atomic E-state index is -0.628. The first-order chi connectivity index (χ1) is 14.9. The van der Waals surface area contributed by atoms with Crippen molar-refractivity contribution < 1.29 is 14.4 Å². The van der Waals surface area contributed by atoms with Crippen LogP contribution in [0, 0.1) is 5.92 Å². The van der Waals surface area contributed by atoms with Crippen molar-refractivity contribution in [2.24, 2.45) is 5.92 Å². The molecule has 2 N–H and O–H groups in total. The Labute approximate surface area is 192 Å². The second-order valence-corrected chi connectivity index (χ2v) is 9.27. The molecular weight excluding hydrogens is 434 g/mol. The maximum atomic E-state index is 13.0. The van der Waals surface area contributed by atoms with E-state index in [1.165, 1.54) is 11.3 Å². The minimum Gasteiger partial charge on any atom is -0.352 e. The summed E-state index contributed by atoms with van der Waals surface area (Å²) in [6.45, 7) is 5.02. The van der Waals surface area contributed by atoms with Crippen molar-refractivity contribution in [3.8, 4) is 0 Å². The molecule has 1 fully saturated rings. The van der Waals surface area contributed by atoms with E-state index >= 15 is 0 Å². The van der Waals surface area contributed by atoms with Crippen LogP contribution in [0.15, 0.2) is 41.8 Å². The number of carbonyl (C=O) groups excluding carboxylic acids is 3. The maximum absolute atomic E-state index is 13.0. The van der Waals surface area contributed by atoms with Crippen LogP contribution in [0.25, 0.3) is 0 Å². The molecule has 0 aliphatic carbocycles. The van der Waals surface area contributed by atoms with Gasteiger partial charge in [0.15, 0.2) is 0 Å². The van der Waals surface area contributed by atoms with Crippen LogP contribution in [0.2, 0.25) is 5.02 Å². The highest BCUT2D eigenvalue weighted by atomic mass is 35.5. The van der Waals surface area contributed by atoms with E-state index in [9.17, 15) is 14.4 Å². The van der Waals surface area contributed by atoms with E-state index < -0.39 is 6.04 Å². The lowest BCUT2D eigenvalue weighted by molar-refractivity contribution is -0.125. The Kier molecular flexibility index (Phi) is 8.09. The van der Waals surface area contributed by atoms with Crippen LogP contribution in [0.4, 0.5) is 0 Å². The molecule has 0 unspecified atom stereocenters. The number of benzene rings is 1. The van der Waals surface area contributed by atoms with Gasteiger partial charge in [0.05, 0.1) is 4.88 Å². The van der Waals surface area contributed by atoms with E-state index in [4.69, 9.17) is 11.6 Å². The quantitative estimate of drug-likeness (QED) is 0.654. The molecule has 166 valence electrons. The number of amides is 3. The Bertz CT molecular complexity index is 893. The van der Waals surface area contributed by atoms with Crippen LogP contribution in [0.1, 0.15) is 53.1 Å². The molecule has 3 rings (SSSR count). The molecule has 1 saturated heterocycles. The van der Waals surface area contributed by atoms with Gasteiger partial charge in [-0.2, -0.15) is 0 Å². The Morgan fingerprint density at radius 3 is 2.39 bits per heavy atom. The summed E-state index contributed by atoms with van der Waals surface area (Å²) in [4.78, 5) is 40.8. The Morgan fingerprint density at radius 1 is 1.13 bits per heavy atom. The fraction of sp³-hybridized carbons (Fsp3) is 0.435. The van der Waals surface area contributed by atoms with Crippen molar-refractivity contribution >= 4 is 40.7 Å². The van der Waals surface area contributed by atoms with Gasteiger partial charge in [-0.3, -0.25) is 14.4 Å². The average Bonchev–Trinajstić information content (AvgIpc) is 3.32. The van der Waals surface area contributed by atoms with E-state index in [1.807, 2.05) is 25.3 Å². The molecule has 0 radical (unpaired) electrons. The van der Waals surface area contributed by atoms with Gasteiger partial charge < -0.3 is 15.5 Å². The number of halogens is 1. The third-order valence-corrected chi connectivity index (χ3v) is 6.83. The van der Waals surface area contributed by atoms with Gasteiger partial charge in [0, 0.05) is 29.7 Å². The first-order valence-electron chi connectivity index (χ1n) is 10.6. The standard InChI is InChI=1S/C23H28ClN3O3S/c1-3-15(2)25-22(29)20(26-21(28)19-5-4-14-31-19)16-10-12-27(13-11-16)23(30)17-6-8-18(24)9-7-17/h4-9,14-16,20H,3,10-13H2,1-2H3,(H,25,29)(H,26,28)/t15-,20-/m1/s1. The molecule has 31 heavy (non-hydrogen) atoms. The van der Waals surface area contributed by atoms with Gasteiger partial charge in [-0.1, -0.05) is 24.6 Å². The summed E-state index contributed by atoms with van der Waals surface area (Å²) in [6.07, 6.45) is 2.09. The smallest absolute Gasteiger partial charge is 0.262 e. The molecule has 2 aromatic rings. The number of rotatable bonds is 7. The molecule has 8 heteroatoms. The lowest BCUT2D eigenvalue weighted by Crippen LogP contribution is -2.55.